The molecule has 0 aliphatic carbocycles. The second kappa shape index (κ2) is 8.51. The first-order valence-corrected chi connectivity index (χ1v) is 5.34. The van der Waals surface area contributed by atoms with Crippen LogP contribution in [-0.4, -0.2) is 44.0 Å². The van der Waals surface area contributed by atoms with Gasteiger partial charge < -0.3 is 21.1 Å². The van der Waals surface area contributed by atoms with Crippen molar-refractivity contribution in [2.45, 2.75) is 13.8 Å². The average Bonchev–Trinajstić information content (AvgIpc) is 2.30. The van der Waals surface area contributed by atoms with Gasteiger partial charge in [0.25, 0.3) is 0 Å². The third-order valence-corrected chi connectivity index (χ3v) is 1.64. The van der Waals surface area contributed by atoms with Gasteiger partial charge in [-0.1, -0.05) is 13.8 Å². The van der Waals surface area contributed by atoms with Crippen molar-refractivity contribution < 1.29 is 19.1 Å². The first-order valence-electron chi connectivity index (χ1n) is 5.34. The molecule has 0 aromatic heterocycles. The smallest absolute Gasteiger partial charge is 0.325 e. The summed E-state index contributed by atoms with van der Waals surface area (Å²) in [6, 6.07) is 0. The molecule has 98 valence electrons. The van der Waals surface area contributed by atoms with E-state index in [1.807, 2.05) is 13.8 Å². The predicted molar refractivity (Wildman–Crippen MR) is 60.9 cm³/mol. The van der Waals surface area contributed by atoms with Crippen molar-refractivity contribution in [1.82, 2.24) is 10.6 Å². The summed E-state index contributed by atoms with van der Waals surface area (Å²) in [7, 11) is 0. The van der Waals surface area contributed by atoms with Gasteiger partial charge in [-0.3, -0.25) is 14.4 Å². The van der Waals surface area contributed by atoms with Crippen molar-refractivity contribution in [3.8, 4) is 0 Å². The van der Waals surface area contributed by atoms with Crippen molar-refractivity contribution in [3.05, 3.63) is 0 Å². The molecule has 0 heterocycles. The molecule has 0 atom stereocenters. The minimum absolute atomic E-state index is 0.177. The van der Waals surface area contributed by atoms with E-state index in [2.05, 4.69) is 10.6 Å². The molecule has 7 nitrogen and oxygen atoms in total. The number of hydrogen-bond donors (Lipinski definition) is 3. The van der Waals surface area contributed by atoms with Crippen LogP contribution in [0.3, 0.4) is 0 Å². The van der Waals surface area contributed by atoms with Crippen LogP contribution in [0.2, 0.25) is 0 Å². The molecule has 0 aliphatic rings. The van der Waals surface area contributed by atoms with Crippen LogP contribution in [-0.2, 0) is 19.1 Å². The van der Waals surface area contributed by atoms with Crippen LogP contribution in [0.1, 0.15) is 13.8 Å². The van der Waals surface area contributed by atoms with E-state index in [1.54, 1.807) is 0 Å². The van der Waals surface area contributed by atoms with Gasteiger partial charge in [0, 0.05) is 0 Å². The average molecular weight is 245 g/mol. The lowest BCUT2D eigenvalue weighted by Crippen LogP contribution is -2.41. The molecule has 0 bridgehead atoms. The quantitative estimate of drug-likeness (QED) is 0.467. The monoisotopic (exact) mass is 245 g/mol. The Labute approximate surface area is 100 Å². The molecule has 17 heavy (non-hydrogen) atoms. The second-order valence-electron chi connectivity index (χ2n) is 3.83. The van der Waals surface area contributed by atoms with E-state index in [-0.39, 0.29) is 25.6 Å². The Kier molecular flexibility index (Phi) is 7.70. The molecular weight excluding hydrogens is 226 g/mol. The number of rotatable bonds is 7. The van der Waals surface area contributed by atoms with E-state index in [0.717, 1.165) is 0 Å². The van der Waals surface area contributed by atoms with Gasteiger partial charge in [0.15, 0.2) is 0 Å². The molecule has 0 saturated carbocycles. The molecule has 0 rings (SSSR count). The zero-order valence-corrected chi connectivity index (χ0v) is 10.1. The zero-order chi connectivity index (χ0) is 13.3. The lowest BCUT2D eigenvalue weighted by atomic mass is 10.2. The number of amides is 2. The zero-order valence-electron chi connectivity index (χ0n) is 10.1. The first-order chi connectivity index (χ1) is 7.95. The number of hydrogen-bond acceptors (Lipinski definition) is 5. The molecule has 0 aromatic rings. The predicted octanol–water partition coefficient (Wildman–Crippen LogP) is -1.62. The lowest BCUT2D eigenvalue weighted by molar-refractivity contribution is -0.144. The van der Waals surface area contributed by atoms with Crippen LogP contribution in [0.4, 0.5) is 0 Å². The van der Waals surface area contributed by atoms with E-state index < -0.39 is 17.8 Å². The molecule has 0 saturated heterocycles. The van der Waals surface area contributed by atoms with Crippen LogP contribution < -0.4 is 16.4 Å². The third kappa shape index (κ3) is 9.31. The maximum absolute atomic E-state index is 11.1. The van der Waals surface area contributed by atoms with Gasteiger partial charge >= 0.3 is 5.97 Å². The van der Waals surface area contributed by atoms with Gasteiger partial charge in [0.05, 0.1) is 19.7 Å². The van der Waals surface area contributed by atoms with Crippen molar-refractivity contribution in [2.24, 2.45) is 11.7 Å². The molecule has 7 heteroatoms. The van der Waals surface area contributed by atoms with Crippen LogP contribution in [0.5, 0.6) is 0 Å². The standard InChI is InChI=1S/C10H19N3O4/c1-7(2)6-17-10(16)5-13-9(15)4-12-8(14)3-11/h7H,3-6,11H2,1-2H3,(H,12,14)(H,13,15). The van der Waals surface area contributed by atoms with Crippen molar-refractivity contribution in [2.75, 3.05) is 26.2 Å². The van der Waals surface area contributed by atoms with Crippen LogP contribution in [0, 0.1) is 5.92 Å². The third-order valence-electron chi connectivity index (χ3n) is 1.64. The number of nitrogens with two attached hydrogens (primary N) is 1. The summed E-state index contributed by atoms with van der Waals surface area (Å²) < 4.78 is 4.84. The van der Waals surface area contributed by atoms with Crippen molar-refractivity contribution >= 4 is 17.8 Å². The van der Waals surface area contributed by atoms with Gasteiger partial charge in [-0.05, 0) is 5.92 Å². The Bertz CT molecular complexity index is 279. The van der Waals surface area contributed by atoms with Crippen LogP contribution in [0.25, 0.3) is 0 Å². The molecular formula is C10H19N3O4. The molecule has 0 fully saturated rings. The molecule has 4 N–H and O–H groups in total. The van der Waals surface area contributed by atoms with Crippen LogP contribution >= 0.6 is 0 Å². The molecule has 0 radical (unpaired) electrons. The topological polar surface area (TPSA) is 111 Å². The highest BCUT2D eigenvalue weighted by molar-refractivity contribution is 5.87. The van der Waals surface area contributed by atoms with E-state index in [1.165, 1.54) is 0 Å². The fraction of sp³-hybridized carbons (Fsp3) is 0.700. The van der Waals surface area contributed by atoms with Gasteiger partial charge in [0.2, 0.25) is 11.8 Å². The molecule has 0 unspecified atom stereocenters. The summed E-state index contributed by atoms with van der Waals surface area (Å²) in [5.74, 6) is -1.15. The summed E-state index contributed by atoms with van der Waals surface area (Å²) in [6.45, 7) is 3.56. The highest BCUT2D eigenvalue weighted by atomic mass is 16.5. The summed E-state index contributed by atoms with van der Waals surface area (Å²) in [5, 5.41) is 4.59. The Balaban J connectivity index is 3.62. The Hall–Kier alpha value is -1.63. The number of carbonyl (C=O) groups excluding carboxylic acids is 3. The molecule has 2 amide bonds. The van der Waals surface area contributed by atoms with Crippen LogP contribution in [0.15, 0.2) is 0 Å². The van der Waals surface area contributed by atoms with E-state index in [4.69, 9.17) is 10.5 Å². The molecule has 0 aromatic carbocycles. The van der Waals surface area contributed by atoms with Crippen molar-refractivity contribution in [3.63, 3.8) is 0 Å². The molecule has 0 aliphatic heterocycles. The minimum atomic E-state index is -0.503. The summed E-state index contributed by atoms with van der Waals surface area (Å²) in [4.78, 5) is 33.0. The fourth-order valence-corrected chi connectivity index (χ4v) is 0.795. The molecule has 0 spiro atoms. The Morgan fingerprint density at radius 1 is 1.12 bits per heavy atom. The van der Waals surface area contributed by atoms with E-state index >= 15 is 0 Å². The number of carbonyl (C=O) groups is 3. The second-order valence-corrected chi connectivity index (χ2v) is 3.83. The van der Waals surface area contributed by atoms with Gasteiger partial charge in [-0.25, -0.2) is 0 Å². The number of ether oxygens (including phenoxy) is 1. The summed E-state index contributed by atoms with van der Waals surface area (Å²) in [6.07, 6.45) is 0. The Morgan fingerprint density at radius 2 is 1.71 bits per heavy atom. The number of nitrogens with one attached hydrogen (secondary N) is 2. The maximum atomic E-state index is 11.1. The summed E-state index contributed by atoms with van der Waals surface area (Å²) >= 11 is 0. The van der Waals surface area contributed by atoms with Gasteiger partial charge in [-0.15, -0.1) is 0 Å². The first kappa shape index (κ1) is 15.4. The van der Waals surface area contributed by atoms with Crippen molar-refractivity contribution in [1.29, 1.82) is 0 Å². The highest BCUT2D eigenvalue weighted by Gasteiger charge is 2.08. The lowest BCUT2D eigenvalue weighted by Gasteiger charge is -2.08. The Morgan fingerprint density at radius 3 is 2.24 bits per heavy atom. The van der Waals surface area contributed by atoms with E-state index in [0.29, 0.717) is 6.61 Å². The van der Waals surface area contributed by atoms with E-state index in [9.17, 15) is 14.4 Å². The summed E-state index contributed by atoms with van der Waals surface area (Å²) in [5.41, 5.74) is 5.03. The fourth-order valence-electron chi connectivity index (χ4n) is 0.795. The normalized spacial score (nSPS) is 9.88. The SMILES string of the molecule is CC(C)COC(=O)CNC(=O)CNC(=O)CN. The van der Waals surface area contributed by atoms with Gasteiger partial charge in [0.1, 0.15) is 6.54 Å². The largest absolute Gasteiger partial charge is 0.464 e. The minimum Gasteiger partial charge on any atom is -0.464 e. The highest BCUT2D eigenvalue weighted by Crippen LogP contribution is 1.91. The van der Waals surface area contributed by atoms with Gasteiger partial charge in [-0.2, -0.15) is 0 Å². The number of esters is 1. The maximum Gasteiger partial charge on any atom is 0.325 e.